The standard InChI is InChI=1S/C14H18O3/c1-9(2)10-3-4-13-12(7-10)11(5-6-17-13)8-14(15)16/h3-4,7,9,11H,5-6,8H2,1-2H3,(H,15,16). The highest BCUT2D eigenvalue weighted by molar-refractivity contribution is 5.68. The molecule has 1 unspecified atom stereocenters. The van der Waals surface area contributed by atoms with Crippen LogP contribution in [0, 0.1) is 0 Å². The first-order valence-corrected chi connectivity index (χ1v) is 6.06. The number of carboxylic acids is 1. The van der Waals surface area contributed by atoms with E-state index in [9.17, 15) is 4.79 Å². The van der Waals surface area contributed by atoms with E-state index in [1.54, 1.807) is 0 Å². The van der Waals surface area contributed by atoms with Gasteiger partial charge in [0.2, 0.25) is 0 Å². The minimum atomic E-state index is -0.738. The van der Waals surface area contributed by atoms with Crippen LogP contribution >= 0.6 is 0 Å². The molecule has 0 bridgehead atoms. The number of hydrogen-bond donors (Lipinski definition) is 1. The predicted octanol–water partition coefficient (Wildman–Crippen LogP) is 3.15. The van der Waals surface area contributed by atoms with Gasteiger partial charge in [0.1, 0.15) is 5.75 Å². The van der Waals surface area contributed by atoms with Gasteiger partial charge in [0.25, 0.3) is 0 Å². The molecule has 0 aliphatic carbocycles. The first-order valence-electron chi connectivity index (χ1n) is 6.06. The Hall–Kier alpha value is -1.51. The smallest absolute Gasteiger partial charge is 0.303 e. The second kappa shape index (κ2) is 4.78. The van der Waals surface area contributed by atoms with Gasteiger partial charge in [0.05, 0.1) is 13.0 Å². The maximum absolute atomic E-state index is 10.9. The van der Waals surface area contributed by atoms with Gasteiger partial charge in [0.15, 0.2) is 0 Å². The first kappa shape index (κ1) is 12.0. The molecule has 0 radical (unpaired) electrons. The number of rotatable bonds is 3. The molecule has 1 atom stereocenters. The predicted molar refractivity (Wildman–Crippen MR) is 65.6 cm³/mol. The molecule has 3 heteroatoms. The van der Waals surface area contributed by atoms with Crippen molar-refractivity contribution in [1.82, 2.24) is 0 Å². The fraction of sp³-hybridized carbons (Fsp3) is 0.500. The van der Waals surface area contributed by atoms with Crippen molar-refractivity contribution in [3.63, 3.8) is 0 Å². The number of carbonyl (C=O) groups is 1. The molecular weight excluding hydrogens is 216 g/mol. The summed E-state index contributed by atoms with van der Waals surface area (Å²) in [5.74, 6) is 0.660. The zero-order valence-corrected chi connectivity index (χ0v) is 10.3. The van der Waals surface area contributed by atoms with Crippen LogP contribution in [0.3, 0.4) is 0 Å². The summed E-state index contributed by atoms with van der Waals surface area (Å²) in [5, 5.41) is 8.93. The highest BCUT2D eigenvalue weighted by Crippen LogP contribution is 2.37. The summed E-state index contributed by atoms with van der Waals surface area (Å²) in [4.78, 5) is 10.9. The summed E-state index contributed by atoms with van der Waals surface area (Å²) in [6.45, 7) is 4.89. The van der Waals surface area contributed by atoms with Gasteiger partial charge in [-0.1, -0.05) is 26.0 Å². The van der Waals surface area contributed by atoms with Crippen LogP contribution in [-0.4, -0.2) is 17.7 Å². The van der Waals surface area contributed by atoms with Crippen molar-refractivity contribution < 1.29 is 14.6 Å². The van der Waals surface area contributed by atoms with Crippen molar-refractivity contribution in [3.05, 3.63) is 29.3 Å². The fourth-order valence-corrected chi connectivity index (χ4v) is 2.27. The Kier molecular flexibility index (Phi) is 3.36. The Labute approximate surface area is 101 Å². The van der Waals surface area contributed by atoms with E-state index in [-0.39, 0.29) is 12.3 Å². The van der Waals surface area contributed by atoms with E-state index in [1.165, 1.54) is 5.56 Å². The van der Waals surface area contributed by atoms with Gasteiger partial charge in [-0.15, -0.1) is 0 Å². The van der Waals surface area contributed by atoms with Crippen molar-refractivity contribution in [1.29, 1.82) is 0 Å². The molecule has 1 heterocycles. The fourth-order valence-electron chi connectivity index (χ4n) is 2.27. The molecule has 2 rings (SSSR count). The Morgan fingerprint density at radius 3 is 2.94 bits per heavy atom. The summed E-state index contributed by atoms with van der Waals surface area (Å²) in [7, 11) is 0. The lowest BCUT2D eigenvalue weighted by molar-refractivity contribution is -0.137. The van der Waals surface area contributed by atoms with Gasteiger partial charge in [-0.25, -0.2) is 0 Å². The van der Waals surface area contributed by atoms with Gasteiger partial charge >= 0.3 is 5.97 Å². The summed E-state index contributed by atoms with van der Waals surface area (Å²) < 4.78 is 5.58. The highest BCUT2D eigenvalue weighted by atomic mass is 16.5. The van der Waals surface area contributed by atoms with Crippen LogP contribution in [-0.2, 0) is 4.79 Å². The van der Waals surface area contributed by atoms with Crippen LogP contribution in [0.5, 0.6) is 5.75 Å². The maximum Gasteiger partial charge on any atom is 0.303 e. The van der Waals surface area contributed by atoms with E-state index >= 15 is 0 Å². The topological polar surface area (TPSA) is 46.5 Å². The molecule has 3 nitrogen and oxygen atoms in total. The molecule has 0 saturated carbocycles. The molecule has 0 fully saturated rings. The molecule has 0 amide bonds. The van der Waals surface area contributed by atoms with Crippen molar-refractivity contribution in [2.75, 3.05) is 6.61 Å². The number of fused-ring (bicyclic) bond motifs is 1. The molecule has 1 aliphatic rings. The third-order valence-corrected chi connectivity index (χ3v) is 3.29. The molecule has 1 aromatic rings. The SMILES string of the molecule is CC(C)c1ccc2c(c1)C(CC(=O)O)CCO2. The van der Waals surface area contributed by atoms with Crippen LogP contribution in [0.2, 0.25) is 0 Å². The average Bonchev–Trinajstić information content (AvgIpc) is 2.28. The highest BCUT2D eigenvalue weighted by Gasteiger charge is 2.24. The Morgan fingerprint density at radius 1 is 1.53 bits per heavy atom. The minimum absolute atomic E-state index is 0.0925. The Bertz CT molecular complexity index is 423. The third-order valence-electron chi connectivity index (χ3n) is 3.29. The summed E-state index contributed by atoms with van der Waals surface area (Å²) in [6.07, 6.45) is 0.985. The van der Waals surface area contributed by atoms with Crippen molar-refractivity contribution in [3.8, 4) is 5.75 Å². The lowest BCUT2D eigenvalue weighted by atomic mass is 9.87. The zero-order chi connectivity index (χ0) is 12.4. The second-order valence-corrected chi connectivity index (χ2v) is 4.88. The van der Waals surface area contributed by atoms with Crippen LogP contribution in [0.15, 0.2) is 18.2 Å². The number of ether oxygens (including phenoxy) is 1. The maximum atomic E-state index is 10.9. The average molecular weight is 234 g/mol. The van der Waals surface area contributed by atoms with Gasteiger partial charge in [-0.05, 0) is 29.5 Å². The van der Waals surface area contributed by atoms with Crippen molar-refractivity contribution in [2.45, 2.75) is 38.5 Å². The van der Waals surface area contributed by atoms with E-state index in [2.05, 4.69) is 26.0 Å². The van der Waals surface area contributed by atoms with Gasteiger partial charge in [-0.2, -0.15) is 0 Å². The largest absolute Gasteiger partial charge is 0.493 e. The number of benzene rings is 1. The number of carboxylic acid groups (broad SMARTS) is 1. The normalized spacial score (nSPS) is 18.6. The van der Waals surface area contributed by atoms with Gasteiger partial charge in [0, 0.05) is 5.92 Å². The Morgan fingerprint density at radius 2 is 2.29 bits per heavy atom. The monoisotopic (exact) mass is 234 g/mol. The van der Waals surface area contributed by atoms with E-state index in [0.717, 1.165) is 17.7 Å². The van der Waals surface area contributed by atoms with E-state index < -0.39 is 5.97 Å². The Balaban J connectivity index is 2.33. The van der Waals surface area contributed by atoms with Crippen LogP contribution in [0.1, 0.15) is 49.7 Å². The number of aliphatic carboxylic acids is 1. The summed E-state index contributed by atoms with van der Waals surface area (Å²) in [6, 6.07) is 6.14. The van der Waals surface area contributed by atoms with Crippen molar-refractivity contribution >= 4 is 5.97 Å². The summed E-state index contributed by atoms with van der Waals surface area (Å²) >= 11 is 0. The van der Waals surface area contributed by atoms with E-state index in [1.807, 2.05) is 6.07 Å². The van der Waals surface area contributed by atoms with Gasteiger partial charge in [-0.3, -0.25) is 4.79 Å². The molecule has 0 spiro atoms. The summed E-state index contributed by atoms with van der Waals surface area (Å²) in [5.41, 5.74) is 2.30. The number of hydrogen-bond acceptors (Lipinski definition) is 2. The minimum Gasteiger partial charge on any atom is -0.493 e. The van der Waals surface area contributed by atoms with Crippen LogP contribution in [0.4, 0.5) is 0 Å². The van der Waals surface area contributed by atoms with Crippen LogP contribution in [0.25, 0.3) is 0 Å². The second-order valence-electron chi connectivity index (χ2n) is 4.88. The molecule has 0 saturated heterocycles. The van der Waals surface area contributed by atoms with Crippen molar-refractivity contribution in [2.24, 2.45) is 0 Å². The molecule has 1 aromatic carbocycles. The van der Waals surface area contributed by atoms with Gasteiger partial charge < -0.3 is 9.84 Å². The zero-order valence-electron chi connectivity index (χ0n) is 10.3. The lowest BCUT2D eigenvalue weighted by Crippen LogP contribution is -2.17. The first-order chi connectivity index (χ1) is 8.08. The lowest BCUT2D eigenvalue weighted by Gasteiger charge is -2.26. The quantitative estimate of drug-likeness (QED) is 0.873. The molecule has 1 aliphatic heterocycles. The molecule has 1 N–H and O–H groups in total. The van der Waals surface area contributed by atoms with Crippen LogP contribution < -0.4 is 4.74 Å². The van der Waals surface area contributed by atoms with E-state index in [0.29, 0.717) is 12.5 Å². The molecular formula is C14H18O3. The van der Waals surface area contributed by atoms with E-state index in [4.69, 9.17) is 9.84 Å². The molecule has 0 aromatic heterocycles. The molecule has 17 heavy (non-hydrogen) atoms. The molecule has 92 valence electrons. The third kappa shape index (κ3) is 2.60.